The van der Waals surface area contributed by atoms with Crippen molar-refractivity contribution in [2.24, 2.45) is 0 Å². The van der Waals surface area contributed by atoms with Crippen LogP contribution in [0.5, 0.6) is 0 Å². The van der Waals surface area contributed by atoms with Crippen LogP contribution in [0.15, 0.2) is 30.3 Å². The topological polar surface area (TPSA) is 17.1 Å². The van der Waals surface area contributed by atoms with Crippen molar-refractivity contribution < 1.29 is 4.79 Å². The minimum Gasteiger partial charge on any atom is -0.298 e. The number of ketones is 1. The van der Waals surface area contributed by atoms with Gasteiger partial charge in [0, 0.05) is 0 Å². The van der Waals surface area contributed by atoms with Crippen LogP contribution in [0, 0.1) is 0 Å². The first kappa shape index (κ1) is 10.3. The molecule has 0 saturated heterocycles. The maximum absolute atomic E-state index is 11.3. The number of hydrogen-bond donors (Lipinski definition) is 0. The first-order valence-electron chi connectivity index (χ1n) is 4.42. The SMILES string of the molecule is CCSC(C(C)=O)c1ccccc1. The van der Waals surface area contributed by atoms with E-state index in [2.05, 4.69) is 6.92 Å². The van der Waals surface area contributed by atoms with Crippen LogP contribution >= 0.6 is 11.8 Å². The third-order valence-corrected chi connectivity index (χ3v) is 3.08. The Balaban J connectivity index is 2.82. The largest absolute Gasteiger partial charge is 0.298 e. The van der Waals surface area contributed by atoms with Crippen molar-refractivity contribution in [3.8, 4) is 0 Å². The standard InChI is InChI=1S/C11H14OS/c1-3-13-11(9(2)12)10-7-5-4-6-8-10/h4-8,11H,3H2,1-2H3. The molecule has 70 valence electrons. The summed E-state index contributed by atoms with van der Waals surface area (Å²) in [6.45, 7) is 3.73. The molecule has 13 heavy (non-hydrogen) atoms. The molecule has 1 rings (SSSR count). The number of hydrogen-bond acceptors (Lipinski definition) is 2. The smallest absolute Gasteiger partial charge is 0.147 e. The van der Waals surface area contributed by atoms with Gasteiger partial charge in [-0.05, 0) is 18.2 Å². The normalized spacial score (nSPS) is 12.5. The quantitative estimate of drug-likeness (QED) is 0.732. The summed E-state index contributed by atoms with van der Waals surface area (Å²) in [7, 11) is 0. The highest BCUT2D eigenvalue weighted by Crippen LogP contribution is 2.28. The summed E-state index contributed by atoms with van der Waals surface area (Å²) in [6.07, 6.45) is 0. The summed E-state index contributed by atoms with van der Waals surface area (Å²) < 4.78 is 0. The van der Waals surface area contributed by atoms with Gasteiger partial charge in [-0.15, -0.1) is 11.8 Å². The van der Waals surface area contributed by atoms with Gasteiger partial charge in [-0.25, -0.2) is 0 Å². The summed E-state index contributed by atoms with van der Waals surface area (Å²) in [6, 6.07) is 9.93. The fraction of sp³-hybridized carbons (Fsp3) is 0.364. The summed E-state index contributed by atoms with van der Waals surface area (Å²) in [5.41, 5.74) is 1.11. The Bertz CT molecular complexity index is 269. The average molecular weight is 194 g/mol. The lowest BCUT2D eigenvalue weighted by Gasteiger charge is -2.11. The molecule has 0 aliphatic carbocycles. The Morgan fingerprint density at radius 1 is 1.38 bits per heavy atom. The molecule has 1 aromatic carbocycles. The van der Waals surface area contributed by atoms with Gasteiger partial charge in [0.25, 0.3) is 0 Å². The van der Waals surface area contributed by atoms with E-state index in [4.69, 9.17) is 0 Å². The van der Waals surface area contributed by atoms with Crippen molar-refractivity contribution in [3.05, 3.63) is 35.9 Å². The third kappa shape index (κ3) is 2.88. The highest BCUT2D eigenvalue weighted by molar-refractivity contribution is 8.00. The maximum Gasteiger partial charge on any atom is 0.147 e. The lowest BCUT2D eigenvalue weighted by molar-refractivity contribution is -0.116. The number of carbonyl (C=O) groups is 1. The number of rotatable bonds is 4. The average Bonchev–Trinajstić information content (AvgIpc) is 2.15. The first-order chi connectivity index (χ1) is 6.25. The second-order valence-electron chi connectivity index (χ2n) is 2.86. The molecule has 0 aliphatic rings. The summed E-state index contributed by atoms with van der Waals surface area (Å²) >= 11 is 1.69. The second-order valence-corrected chi connectivity index (χ2v) is 4.24. The Labute approximate surface area is 83.5 Å². The van der Waals surface area contributed by atoms with Gasteiger partial charge in [-0.2, -0.15) is 0 Å². The molecule has 0 amide bonds. The minimum atomic E-state index is 0.0196. The molecule has 0 fully saturated rings. The molecule has 0 N–H and O–H groups in total. The molecule has 0 spiro atoms. The monoisotopic (exact) mass is 194 g/mol. The molecule has 0 bridgehead atoms. The molecule has 0 heterocycles. The van der Waals surface area contributed by atoms with Crippen LogP contribution in [0.2, 0.25) is 0 Å². The molecule has 1 aromatic rings. The number of Topliss-reactive ketones (excluding diaryl/α,β-unsaturated/α-hetero) is 1. The van der Waals surface area contributed by atoms with Gasteiger partial charge in [-0.3, -0.25) is 4.79 Å². The van der Waals surface area contributed by atoms with Crippen molar-refractivity contribution in [1.82, 2.24) is 0 Å². The lowest BCUT2D eigenvalue weighted by atomic mass is 10.1. The summed E-state index contributed by atoms with van der Waals surface area (Å²) in [4.78, 5) is 11.3. The lowest BCUT2D eigenvalue weighted by Crippen LogP contribution is -2.04. The maximum atomic E-state index is 11.3. The van der Waals surface area contributed by atoms with Crippen LogP contribution < -0.4 is 0 Å². The molecule has 0 aliphatic heterocycles. The van der Waals surface area contributed by atoms with Crippen molar-refractivity contribution in [1.29, 1.82) is 0 Å². The van der Waals surface area contributed by atoms with Crippen molar-refractivity contribution in [2.75, 3.05) is 5.75 Å². The number of thioether (sulfide) groups is 1. The van der Waals surface area contributed by atoms with Crippen LogP contribution in [0.25, 0.3) is 0 Å². The van der Waals surface area contributed by atoms with Crippen molar-refractivity contribution >= 4 is 17.5 Å². The predicted octanol–water partition coefficient (Wildman–Crippen LogP) is 3.07. The Morgan fingerprint density at radius 3 is 2.46 bits per heavy atom. The van der Waals surface area contributed by atoms with E-state index < -0.39 is 0 Å². The molecule has 1 unspecified atom stereocenters. The zero-order valence-corrected chi connectivity index (χ0v) is 8.80. The molecule has 0 saturated carbocycles. The molecule has 0 radical (unpaired) electrons. The molecule has 2 heteroatoms. The van der Waals surface area contributed by atoms with Crippen LogP contribution in [0.3, 0.4) is 0 Å². The van der Waals surface area contributed by atoms with Crippen LogP contribution in [0.4, 0.5) is 0 Å². The van der Waals surface area contributed by atoms with Gasteiger partial charge in [0.05, 0.1) is 5.25 Å². The van der Waals surface area contributed by atoms with E-state index in [0.29, 0.717) is 0 Å². The molecule has 1 nitrogen and oxygen atoms in total. The van der Waals surface area contributed by atoms with Crippen molar-refractivity contribution in [2.45, 2.75) is 19.1 Å². The second kappa shape index (κ2) is 5.07. The Hall–Kier alpha value is -0.760. The first-order valence-corrected chi connectivity index (χ1v) is 5.47. The molecular formula is C11H14OS. The predicted molar refractivity (Wildman–Crippen MR) is 58.0 cm³/mol. The fourth-order valence-corrected chi connectivity index (χ4v) is 2.16. The van der Waals surface area contributed by atoms with Gasteiger partial charge in [0.15, 0.2) is 0 Å². The van der Waals surface area contributed by atoms with Crippen LogP contribution in [-0.4, -0.2) is 11.5 Å². The van der Waals surface area contributed by atoms with E-state index >= 15 is 0 Å². The molecule has 1 atom stereocenters. The summed E-state index contributed by atoms with van der Waals surface area (Å²) in [5.74, 6) is 1.21. The Kier molecular flexibility index (Phi) is 4.03. The van der Waals surface area contributed by atoms with E-state index in [1.54, 1.807) is 18.7 Å². The van der Waals surface area contributed by atoms with Crippen LogP contribution in [-0.2, 0) is 4.79 Å². The third-order valence-electron chi connectivity index (χ3n) is 1.80. The van der Waals surface area contributed by atoms with E-state index in [1.807, 2.05) is 30.3 Å². The van der Waals surface area contributed by atoms with E-state index in [9.17, 15) is 4.79 Å². The van der Waals surface area contributed by atoms with Gasteiger partial charge in [0.1, 0.15) is 5.78 Å². The van der Waals surface area contributed by atoms with Gasteiger partial charge in [-0.1, -0.05) is 37.3 Å². The molecule has 0 aromatic heterocycles. The number of benzene rings is 1. The Morgan fingerprint density at radius 2 is 2.00 bits per heavy atom. The van der Waals surface area contributed by atoms with E-state index in [0.717, 1.165) is 11.3 Å². The fourth-order valence-electron chi connectivity index (χ4n) is 1.24. The van der Waals surface area contributed by atoms with E-state index in [1.165, 1.54) is 0 Å². The zero-order chi connectivity index (χ0) is 9.68. The number of carbonyl (C=O) groups excluding carboxylic acids is 1. The highest BCUT2D eigenvalue weighted by Gasteiger charge is 2.15. The van der Waals surface area contributed by atoms with Gasteiger partial charge in [0.2, 0.25) is 0 Å². The zero-order valence-electron chi connectivity index (χ0n) is 7.99. The molecular weight excluding hydrogens is 180 g/mol. The van der Waals surface area contributed by atoms with Crippen molar-refractivity contribution in [3.63, 3.8) is 0 Å². The van der Waals surface area contributed by atoms with E-state index in [-0.39, 0.29) is 11.0 Å². The minimum absolute atomic E-state index is 0.0196. The van der Waals surface area contributed by atoms with Gasteiger partial charge >= 0.3 is 0 Å². The van der Waals surface area contributed by atoms with Crippen LogP contribution in [0.1, 0.15) is 24.7 Å². The summed E-state index contributed by atoms with van der Waals surface area (Å²) in [5, 5.41) is 0.0196. The highest BCUT2D eigenvalue weighted by atomic mass is 32.2. The van der Waals surface area contributed by atoms with Gasteiger partial charge < -0.3 is 0 Å².